The molecule has 146 valence electrons. The monoisotopic (exact) mass is 442 g/mol. The average molecular weight is 443 g/mol. The number of halogens is 1. The first-order chi connectivity index (χ1) is 13.4. The van der Waals surface area contributed by atoms with E-state index in [9.17, 15) is 4.79 Å². The first-order valence-corrected chi connectivity index (χ1v) is 9.83. The number of hydrogen-bond donors (Lipinski definition) is 0. The zero-order chi connectivity index (χ0) is 20.3. The Bertz CT molecular complexity index is 1030. The molecule has 28 heavy (non-hydrogen) atoms. The van der Waals surface area contributed by atoms with Crippen LogP contribution in [0.5, 0.6) is 5.75 Å². The van der Waals surface area contributed by atoms with Crippen LogP contribution in [0, 0.1) is 13.8 Å². The summed E-state index contributed by atoms with van der Waals surface area (Å²) < 4.78 is 10.2. The van der Waals surface area contributed by atoms with Crippen molar-refractivity contribution in [1.82, 2.24) is 19.6 Å². The van der Waals surface area contributed by atoms with Gasteiger partial charge < -0.3 is 4.74 Å². The summed E-state index contributed by atoms with van der Waals surface area (Å²) in [7, 11) is 1.65. The van der Waals surface area contributed by atoms with Crippen LogP contribution in [0.3, 0.4) is 0 Å². The molecule has 0 saturated carbocycles. The lowest BCUT2D eigenvalue weighted by atomic mass is 10.1. The summed E-state index contributed by atoms with van der Waals surface area (Å²) >= 11 is 3.56. The second kappa shape index (κ2) is 8.56. The van der Waals surface area contributed by atoms with Crippen molar-refractivity contribution in [3.05, 3.63) is 69.2 Å². The minimum atomic E-state index is -0.0699. The third kappa shape index (κ3) is 4.25. The summed E-state index contributed by atoms with van der Waals surface area (Å²) in [4.78, 5) is 12.3. The molecule has 6 nitrogen and oxygen atoms in total. The first-order valence-electron chi connectivity index (χ1n) is 9.04. The molecule has 2 heterocycles. The van der Waals surface area contributed by atoms with E-state index in [2.05, 4.69) is 26.1 Å². The molecule has 0 N–H and O–H groups in total. The van der Waals surface area contributed by atoms with E-state index in [-0.39, 0.29) is 5.78 Å². The zero-order valence-electron chi connectivity index (χ0n) is 16.4. The Morgan fingerprint density at radius 1 is 1.32 bits per heavy atom. The van der Waals surface area contributed by atoms with Gasteiger partial charge in [0.2, 0.25) is 0 Å². The van der Waals surface area contributed by atoms with Crippen LogP contribution in [-0.2, 0) is 13.1 Å². The topological polar surface area (TPSA) is 61.9 Å². The van der Waals surface area contributed by atoms with E-state index in [0.29, 0.717) is 12.1 Å². The molecule has 0 saturated heterocycles. The number of carbonyl (C=O) groups is 1. The smallest absolute Gasteiger partial charge is 0.189 e. The molecule has 0 aliphatic heterocycles. The normalized spacial score (nSPS) is 11.3. The molecule has 2 aromatic heterocycles. The van der Waals surface area contributed by atoms with E-state index in [1.807, 2.05) is 49.7 Å². The molecule has 0 aliphatic rings. The van der Waals surface area contributed by atoms with Crippen LogP contribution in [0.2, 0.25) is 0 Å². The number of hydrogen-bond acceptors (Lipinski definition) is 4. The lowest BCUT2D eigenvalue weighted by Gasteiger charge is -2.11. The maximum absolute atomic E-state index is 12.3. The quantitative estimate of drug-likeness (QED) is 0.400. The number of methoxy groups -OCH3 is 1. The van der Waals surface area contributed by atoms with Crippen LogP contribution in [0.15, 0.2) is 41.1 Å². The molecule has 0 fully saturated rings. The van der Waals surface area contributed by atoms with Crippen LogP contribution in [0.25, 0.3) is 6.08 Å². The second-order valence-electron chi connectivity index (χ2n) is 6.50. The molecule has 7 heteroatoms. The van der Waals surface area contributed by atoms with Crippen LogP contribution in [0.4, 0.5) is 0 Å². The Labute approximate surface area is 172 Å². The highest BCUT2D eigenvalue weighted by molar-refractivity contribution is 9.10. The van der Waals surface area contributed by atoms with E-state index >= 15 is 0 Å². The number of ketones is 1. The highest BCUT2D eigenvalue weighted by Gasteiger charge is 2.12. The summed E-state index contributed by atoms with van der Waals surface area (Å²) in [5.74, 6) is 0.718. The molecule has 0 spiro atoms. The van der Waals surface area contributed by atoms with Gasteiger partial charge in [-0.3, -0.25) is 14.2 Å². The van der Waals surface area contributed by atoms with Gasteiger partial charge in [0.25, 0.3) is 0 Å². The molecule has 0 amide bonds. The molecule has 3 aromatic rings. The van der Waals surface area contributed by atoms with Crippen molar-refractivity contribution in [2.24, 2.45) is 0 Å². The van der Waals surface area contributed by atoms with Crippen molar-refractivity contribution in [3.8, 4) is 5.75 Å². The van der Waals surface area contributed by atoms with Gasteiger partial charge in [-0.25, -0.2) is 0 Å². The second-order valence-corrected chi connectivity index (χ2v) is 7.29. The predicted octanol–water partition coefficient (Wildman–Crippen LogP) is 4.43. The van der Waals surface area contributed by atoms with Crippen LogP contribution < -0.4 is 4.74 Å². The van der Waals surface area contributed by atoms with E-state index in [0.717, 1.165) is 39.3 Å². The fourth-order valence-corrected chi connectivity index (χ4v) is 3.23. The van der Waals surface area contributed by atoms with Crippen LogP contribution in [-0.4, -0.2) is 32.5 Å². The standard InChI is InChI=1S/C21H23BrN4O2/c1-5-25-12-18(11-23-25)19(27)8-6-16-7-9-20(28-4)17(10-16)13-26-15(3)21(22)14(2)24-26/h6-12H,5,13H2,1-4H3/b8-6+. The molecule has 3 rings (SSSR count). The van der Waals surface area contributed by atoms with Crippen LogP contribution in [0.1, 0.15) is 39.8 Å². The average Bonchev–Trinajstić information content (AvgIpc) is 3.27. The highest BCUT2D eigenvalue weighted by atomic mass is 79.9. The minimum absolute atomic E-state index is 0.0699. The molecule has 0 atom stereocenters. The Kier molecular flexibility index (Phi) is 6.14. The van der Waals surface area contributed by atoms with Gasteiger partial charge in [0.05, 0.1) is 41.3 Å². The van der Waals surface area contributed by atoms with Crippen molar-refractivity contribution in [1.29, 1.82) is 0 Å². The Hall–Kier alpha value is -2.67. The fraction of sp³-hybridized carbons (Fsp3) is 0.286. The highest BCUT2D eigenvalue weighted by Crippen LogP contribution is 2.25. The number of benzene rings is 1. The fourth-order valence-electron chi connectivity index (χ4n) is 2.95. The first kappa shape index (κ1) is 20.1. The lowest BCUT2D eigenvalue weighted by molar-refractivity contribution is 0.104. The molecule has 0 radical (unpaired) electrons. The SMILES string of the molecule is CCn1cc(C(=O)/C=C/c2ccc(OC)c(Cn3nc(C)c(Br)c3C)c2)cn1. The van der Waals surface area contributed by atoms with E-state index in [1.54, 1.807) is 30.3 Å². The largest absolute Gasteiger partial charge is 0.496 e. The van der Waals surface area contributed by atoms with Gasteiger partial charge in [0.1, 0.15) is 5.75 Å². The van der Waals surface area contributed by atoms with Gasteiger partial charge in [-0.1, -0.05) is 12.1 Å². The molecule has 1 aromatic carbocycles. The number of rotatable bonds is 7. The number of aryl methyl sites for hydroxylation is 2. The van der Waals surface area contributed by atoms with E-state index in [4.69, 9.17) is 4.74 Å². The summed E-state index contributed by atoms with van der Waals surface area (Å²) in [5, 5.41) is 8.71. The maximum atomic E-state index is 12.3. The Morgan fingerprint density at radius 2 is 2.11 bits per heavy atom. The van der Waals surface area contributed by atoms with Gasteiger partial charge in [0, 0.05) is 18.3 Å². The number of allylic oxidation sites excluding steroid dienone is 1. The van der Waals surface area contributed by atoms with Crippen molar-refractivity contribution < 1.29 is 9.53 Å². The molecule has 0 bridgehead atoms. The van der Waals surface area contributed by atoms with Gasteiger partial charge >= 0.3 is 0 Å². The summed E-state index contributed by atoms with van der Waals surface area (Å²) in [5.41, 5.74) is 4.51. The molecular weight excluding hydrogens is 420 g/mol. The third-order valence-electron chi connectivity index (χ3n) is 4.59. The number of ether oxygens (including phenoxy) is 1. The van der Waals surface area contributed by atoms with E-state index < -0.39 is 0 Å². The van der Waals surface area contributed by atoms with Gasteiger partial charge in [0.15, 0.2) is 5.78 Å². The van der Waals surface area contributed by atoms with Crippen LogP contribution >= 0.6 is 15.9 Å². The van der Waals surface area contributed by atoms with Crippen molar-refractivity contribution in [3.63, 3.8) is 0 Å². The summed E-state index contributed by atoms with van der Waals surface area (Å²) in [6.07, 6.45) is 6.73. The van der Waals surface area contributed by atoms with Crippen molar-refractivity contribution in [2.75, 3.05) is 7.11 Å². The number of carbonyl (C=O) groups excluding carboxylic acids is 1. The molecule has 0 aliphatic carbocycles. The summed E-state index contributed by atoms with van der Waals surface area (Å²) in [6.45, 7) is 7.30. The maximum Gasteiger partial charge on any atom is 0.189 e. The predicted molar refractivity (Wildman–Crippen MR) is 113 cm³/mol. The third-order valence-corrected chi connectivity index (χ3v) is 5.73. The minimum Gasteiger partial charge on any atom is -0.496 e. The molecule has 0 unspecified atom stereocenters. The van der Waals surface area contributed by atoms with Gasteiger partial charge in [-0.15, -0.1) is 0 Å². The summed E-state index contributed by atoms with van der Waals surface area (Å²) in [6, 6.07) is 5.86. The molecular formula is C21H23BrN4O2. The lowest BCUT2D eigenvalue weighted by Crippen LogP contribution is -2.06. The Morgan fingerprint density at radius 3 is 2.71 bits per heavy atom. The van der Waals surface area contributed by atoms with E-state index in [1.165, 1.54) is 0 Å². The van der Waals surface area contributed by atoms with Gasteiger partial charge in [-0.2, -0.15) is 10.2 Å². The Balaban J connectivity index is 1.83. The number of aromatic nitrogens is 4. The number of nitrogens with zero attached hydrogens (tertiary/aromatic N) is 4. The van der Waals surface area contributed by atoms with Crippen molar-refractivity contribution >= 4 is 27.8 Å². The van der Waals surface area contributed by atoms with Gasteiger partial charge in [-0.05, 0) is 60.5 Å². The zero-order valence-corrected chi connectivity index (χ0v) is 18.0. The van der Waals surface area contributed by atoms with Crippen molar-refractivity contribution in [2.45, 2.75) is 33.9 Å².